The van der Waals surface area contributed by atoms with Gasteiger partial charge >= 0.3 is 0 Å². The molecule has 1 aromatic heterocycles. The molecule has 0 saturated heterocycles. The van der Waals surface area contributed by atoms with E-state index in [-0.39, 0.29) is 0 Å². The quantitative estimate of drug-likeness (QED) is 0.851. The first-order valence-electron chi connectivity index (χ1n) is 5.97. The van der Waals surface area contributed by atoms with Gasteiger partial charge in [0.25, 0.3) is 0 Å². The number of nitrogens with zero attached hydrogens (tertiary/aromatic N) is 1. The predicted molar refractivity (Wildman–Crippen MR) is 73.4 cm³/mol. The van der Waals surface area contributed by atoms with Crippen LogP contribution in [0.4, 0.5) is 5.82 Å². The van der Waals surface area contributed by atoms with Crippen LogP contribution in [0.2, 0.25) is 0 Å². The summed E-state index contributed by atoms with van der Waals surface area (Å²) in [4.78, 5) is 4.02. The Bertz CT molecular complexity index is 555. The van der Waals surface area contributed by atoms with Crippen molar-refractivity contribution in [1.29, 1.82) is 0 Å². The van der Waals surface area contributed by atoms with Crippen molar-refractivity contribution in [2.45, 2.75) is 26.9 Å². The normalized spacial score (nSPS) is 12.4. The van der Waals surface area contributed by atoms with Crippen LogP contribution in [0.15, 0.2) is 30.5 Å². The van der Waals surface area contributed by atoms with Crippen LogP contribution >= 0.6 is 0 Å². The van der Waals surface area contributed by atoms with Crippen molar-refractivity contribution in [2.75, 3.05) is 5.73 Å². The fraction of sp³-hybridized carbons (Fsp3) is 0.267. The van der Waals surface area contributed by atoms with Crippen molar-refractivity contribution in [3.63, 3.8) is 0 Å². The molecule has 0 aliphatic heterocycles. The first-order chi connectivity index (χ1) is 8.50. The molecule has 18 heavy (non-hydrogen) atoms. The van der Waals surface area contributed by atoms with E-state index in [1.54, 1.807) is 12.3 Å². The maximum atomic E-state index is 10.5. The lowest BCUT2D eigenvalue weighted by atomic mass is 9.92. The van der Waals surface area contributed by atoms with Gasteiger partial charge in [0.15, 0.2) is 0 Å². The monoisotopic (exact) mass is 242 g/mol. The van der Waals surface area contributed by atoms with Gasteiger partial charge < -0.3 is 10.8 Å². The van der Waals surface area contributed by atoms with Gasteiger partial charge in [-0.25, -0.2) is 4.98 Å². The Morgan fingerprint density at radius 1 is 1.17 bits per heavy atom. The molecule has 0 radical (unpaired) electrons. The van der Waals surface area contributed by atoms with Crippen LogP contribution in [0.3, 0.4) is 0 Å². The van der Waals surface area contributed by atoms with E-state index in [4.69, 9.17) is 5.73 Å². The molecule has 0 aliphatic rings. The van der Waals surface area contributed by atoms with Crippen molar-refractivity contribution in [3.8, 4) is 0 Å². The Morgan fingerprint density at radius 3 is 2.33 bits per heavy atom. The Morgan fingerprint density at radius 2 is 1.78 bits per heavy atom. The van der Waals surface area contributed by atoms with Crippen LogP contribution in [0, 0.1) is 20.8 Å². The van der Waals surface area contributed by atoms with Gasteiger partial charge in [0.2, 0.25) is 0 Å². The molecule has 0 bridgehead atoms. The van der Waals surface area contributed by atoms with E-state index in [1.165, 1.54) is 5.56 Å². The molecule has 3 nitrogen and oxygen atoms in total. The van der Waals surface area contributed by atoms with E-state index in [1.807, 2.05) is 19.9 Å². The molecule has 94 valence electrons. The summed E-state index contributed by atoms with van der Waals surface area (Å²) in [6.07, 6.45) is 0.903. The summed E-state index contributed by atoms with van der Waals surface area (Å²) in [5.41, 5.74) is 10.7. The summed E-state index contributed by atoms with van der Waals surface area (Å²) in [6.45, 7) is 6.06. The second kappa shape index (κ2) is 4.78. The molecule has 0 aliphatic carbocycles. The van der Waals surface area contributed by atoms with Crippen molar-refractivity contribution in [2.24, 2.45) is 0 Å². The highest BCUT2D eigenvalue weighted by atomic mass is 16.3. The lowest BCUT2D eigenvalue weighted by Crippen LogP contribution is -2.08. The van der Waals surface area contributed by atoms with Crippen LogP contribution in [0.5, 0.6) is 0 Å². The minimum atomic E-state index is -0.723. The van der Waals surface area contributed by atoms with E-state index in [2.05, 4.69) is 24.0 Å². The van der Waals surface area contributed by atoms with Gasteiger partial charge in [-0.05, 0) is 43.5 Å². The minimum Gasteiger partial charge on any atom is -0.383 e. The van der Waals surface area contributed by atoms with Gasteiger partial charge in [0, 0.05) is 11.8 Å². The van der Waals surface area contributed by atoms with E-state index in [9.17, 15) is 5.11 Å². The zero-order chi connectivity index (χ0) is 13.3. The summed E-state index contributed by atoms with van der Waals surface area (Å²) in [5, 5.41) is 10.5. The third-order valence-corrected chi connectivity index (χ3v) is 3.18. The third kappa shape index (κ3) is 2.22. The average Bonchev–Trinajstić information content (AvgIpc) is 2.27. The molecule has 0 amide bonds. The van der Waals surface area contributed by atoms with Crippen LogP contribution < -0.4 is 5.73 Å². The fourth-order valence-electron chi connectivity index (χ4n) is 2.44. The van der Waals surface area contributed by atoms with Gasteiger partial charge in [-0.3, -0.25) is 0 Å². The highest BCUT2D eigenvalue weighted by Gasteiger charge is 2.18. The van der Waals surface area contributed by atoms with Crippen molar-refractivity contribution >= 4 is 5.82 Å². The summed E-state index contributed by atoms with van der Waals surface area (Å²) < 4.78 is 0. The third-order valence-electron chi connectivity index (χ3n) is 3.18. The maximum absolute atomic E-state index is 10.5. The molecule has 2 rings (SSSR count). The summed E-state index contributed by atoms with van der Waals surface area (Å²) in [5.74, 6) is 0.379. The molecule has 0 saturated carbocycles. The summed E-state index contributed by atoms with van der Waals surface area (Å²) in [7, 11) is 0. The van der Waals surface area contributed by atoms with E-state index in [0.717, 1.165) is 16.7 Å². The number of rotatable bonds is 2. The number of aromatic nitrogens is 1. The van der Waals surface area contributed by atoms with Gasteiger partial charge in [0.05, 0.1) is 0 Å². The number of pyridine rings is 1. The van der Waals surface area contributed by atoms with E-state index >= 15 is 0 Å². The Hall–Kier alpha value is -1.87. The van der Waals surface area contributed by atoms with Crippen LogP contribution in [-0.2, 0) is 0 Å². The Labute approximate surface area is 107 Å². The smallest absolute Gasteiger partial charge is 0.129 e. The largest absolute Gasteiger partial charge is 0.383 e. The number of nitrogens with two attached hydrogens (primary N) is 1. The second-order valence-electron chi connectivity index (χ2n) is 4.69. The molecular weight excluding hydrogens is 224 g/mol. The van der Waals surface area contributed by atoms with Crippen molar-refractivity contribution in [1.82, 2.24) is 4.98 Å². The Kier molecular flexibility index (Phi) is 3.34. The molecule has 1 unspecified atom stereocenters. The number of hydrogen-bond acceptors (Lipinski definition) is 3. The fourth-order valence-corrected chi connectivity index (χ4v) is 2.44. The van der Waals surface area contributed by atoms with E-state index in [0.29, 0.717) is 11.4 Å². The molecule has 3 heteroatoms. The molecule has 0 fully saturated rings. The standard InChI is InChI=1S/C15H18N2O/c1-9-7-10(2)13(11(3)8-9)14(18)12-5-4-6-17-15(12)16/h4-8,14,18H,1-3H3,(H2,16,17). The number of hydrogen-bond donors (Lipinski definition) is 2. The first-order valence-corrected chi connectivity index (χ1v) is 5.97. The van der Waals surface area contributed by atoms with Crippen LogP contribution in [0.1, 0.15) is 33.9 Å². The minimum absolute atomic E-state index is 0.379. The van der Waals surface area contributed by atoms with Gasteiger partial charge in [0.1, 0.15) is 11.9 Å². The summed E-state index contributed by atoms with van der Waals surface area (Å²) in [6, 6.07) is 7.73. The lowest BCUT2D eigenvalue weighted by Gasteiger charge is -2.18. The zero-order valence-corrected chi connectivity index (χ0v) is 10.9. The number of nitrogen functional groups attached to an aromatic ring is 1. The Balaban J connectivity index is 2.53. The van der Waals surface area contributed by atoms with Gasteiger partial charge in [-0.1, -0.05) is 23.8 Å². The highest BCUT2D eigenvalue weighted by molar-refractivity contribution is 5.49. The number of aliphatic hydroxyl groups excluding tert-OH is 1. The van der Waals surface area contributed by atoms with E-state index < -0.39 is 6.10 Å². The maximum Gasteiger partial charge on any atom is 0.129 e. The predicted octanol–water partition coefficient (Wildman–Crippen LogP) is 2.67. The number of anilines is 1. The SMILES string of the molecule is Cc1cc(C)c(C(O)c2cccnc2N)c(C)c1. The van der Waals surface area contributed by atoms with Gasteiger partial charge in [-0.2, -0.15) is 0 Å². The topological polar surface area (TPSA) is 59.1 Å². The molecule has 1 atom stereocenters. The molecule has 3 N–H and O–H groups in total. The number of benzene rings is 1. The van der Waals surface area contributed by atoms with Crippen LogP contribution in [-0.4, -0.2) is 10.1 Å². The number of aliphatic hydroxyl groups is 1. The molecular formula is C15H18N2O. The molecule has 2 aromatic rings. The first kappa shape index (κ1) is 12.6. The molecule has 1 heterocycles. The molecule has 0 spiro atoms. The summed E-state index contributed by atoms with van der Waals surface area (Å²) >= 11 is 0. The molecule has 1 aromatic carbocycles. The highest BCUT2D eigenvalue weighted by Crippen LogP contribution is 2.30. The van der Waals surface area contributed by atoms with Crippen molar-refractivity contribution < 1.29 is 5.11 Å². The van der Waals surface area contributed by atoms with Crippen molar-refractivity contribution in [3.05, 3.63) is 58.3 Å². The average molecular weight is 242 g/mol. The zero-order valence-electron chi connectivity index (χ0n) is 10.9. The second-order valence-corrected chi connectivity index (χ2v) is 4.69. The lowest BCUT2D eigenvalue weighted by molar-refractivity contribution is 0.219. The van der Waals surface area contributed by atoms with Crippen LogP contribution in [0.25, 0.3) is 0 Å². The van der Waals surface area contributed by atoms with Gasteiger partial charge in [-0.15, -0.1) is 0 Å². The number of aryl methyl sites for hydroxylation is 3.